The fourth-order valence-electron chi connectivity index (χ4n) is 2.47. The maximum atomic E-state index is 13.0. The van der Waals surface area contributed by atoms with Gasteiger partial charge in [-0.1, -0.05) is 13.0 Å². The molecule has 2 atom stereocenters. The van der Waals surface area contributed by atoms with Crippen molar-refractivity contribution in [3.05, 3.63) is 35.4 Å². The van der Waals surface area contributed by atoms with Gasteiger partial charge in [0.1, 0.15) is 0 Å². The van der Waals surface area contributed by atoms with E-state index in [0.717, 1.165) is 31.6 Å². The van der Waals surface area contributed by atoms with Crippen LogP contribution in [0.25, 0.3) is 0 Å². The normalized spacial score (nSPS) is 22.6. The first-order chi connectivity index (χ1) is 9.56. The molecule has 1 amide bonds. The number of amides is 1. The van der Waals surface area contributed by atoms with Gasteiger partial charge in [0, 0.05) is 6.54 Å². The number of piperidine rings is 1. The van der Waals surface area contributed by atoms with Crippen molar-refractivity contribution in [3.63, 3.8) is 0 Å². The fraction of sp³-hybridized carbons (Fsp3) is 0.533. The lowest BCUT2D eigenvalue weighted by atomic mass is 9.88. The van der Waals surface area contributed by atoms with Gasteiger partial charge in [-0.25, -0.2) is 8.78 Å². The summed E-state index contributed by atoms with van der Waals surface area (Å²) in [6.45, 7) is 4.75. The molecule has 1 fully saturated rings. The highest BCUT2D eigenvalue weighted by Gasteiger charge is 2.21. The van der Waals surface area contributed by atoms with Crippen LogP contribution in [0.3, 0.4) is 0 Å². The Bertz CT molecular complexity index is 479. The van der Waals surface area contributed by atoms with Crippen LogP contribution in [0, 0.1) is 23.5 Å². The largest absolute Gasteiger partial charge is 0.355 e. The number of hydrogen-bond donors (Lipinski definition) is 2. The van der Waals surface area contributed by atoms with Gasteiger partial charge in [0.2, 0.25) is 5.91 Å². The molecule has 0 bridgehead atoms. The zero-order chi connectivity index (χ0) is 14.5. The summed E-state index contributed by atoms with van der Waals surface area (Å²) in [5.41, 5.74) is 0.483. The van der Waals surface area contributed by atoms with Gasteiger partial charge in [-0.05, 0) is 49.0 Å². The lowest BCUT2D eigenvalue weighted by molar-refractivity contribution is -0.120. The van der Waals surface area contributed by atoms with E-state index in [9.17, 15) is 13.6 Å². The Morgan fingerprint density at radius 2 is 2.20 bits per heavy atom. The molecule has 3 nitrogen and oxygen atoms in total. The van der Waals surface area contributed by atoms with Crippen molar-refractivity contribution in [2.75, 3.05) is 19.6 Å². The molecule has 2 unspecified atom stereocenters. The van der Waals surface area contributed by atoms with E-state index in [4.69, 9.17) is 0 Å². The minimum absolute atomic E-state index is 0.0751. The predicted octanol–water partition coefficient (Wildman–Crippen LogP) is 1.87. The molecule has 1 aromatic rings. The lowest BCUT2D eigenvalue weighted by Gasteiger charge is -2.29. The van der Waals surface area contributed by atoms with Crippen molar-refractivity contribution < 1.29 is 13.6 Å². The van der Waals surface area contributed by atoms with E-state index in [2.05, 4.69) is 17.6 Å². The Morgan fingerprint density at radius 3 is 2.90 bits per heavy atom. The molecule has 1 heterocycles. The average Bonchev–Trinajstić information content (AvgIpc) is 2.42. The quantitative estimate of drug-likeness (QED) is 0.885. The van der Waals surface area contributed by atoms with E-state index in [-0.39, 0.29) is 12.3 Å². The second-order valence-corrected chi connectivity index (χ2v) is 5.46. The fourth-order valence-corrected chi connectivity index (χ4v) is 2.47. The third kappa shape index (κ3) is 4.00. The zero-order valence-corrected chi connectivity index (χ0v) is 11.6. The summed E-state index contributed by atoms with van der Waals surface area (Å²) in [4.78, 5) is 11.8. The maximum absolute atomic E-state index is 13.0. The molecular weight excluding hydrogens is 262 g/mol. The summed E-state index contributed by atoms with van der Waals surface area (Å²) in [7, 11) is 0. The van der Waals surface area contributed by atoms with Crippen LogP contribution in [-0.2, 0) is 11.2 Å². The highest BCUT2D eigenvalue weighted by Crippen LogP contribution is 2.17. The molecule has 0 saturated carbocycles. The molecule has 0 radical (unpaired) electrons. The van der Waals surface area contributed by atoms with Crippen LogP contribution < -0.4 is 10.6 Å². The molecule has 1 saturated heterocycles. The summed E-state index contributed by atoms with van der Waals surface area (Å²) >= 11 is 0. The molecule has 2 rings (SSSR count). The molecule has 2 N–H and O–H groups in total. The Labute approximate surface area is 117 Å². The number of carbonyl (C=O) groups excluding carboxylic acids is 1. The minimum atomic E-state index is -0.916. The average molecular weight is 282 g/mol. The summed E-state index contributed by atoms with van der Waals surface area (Å²) in [6.07, 6.45) is 1.19. The molecular formula is C15H20F2N2O. The Balaban J connectivity index is 1.81. The number of hydrogen-bond acceptors (Lipinski definition) is 2. The lowest BCUT2D eigenvalue weighted by Crippen LogP contribution is -2.42. The van der Waals surface area contributed by atoms with Crippen molar-refractivity contribution in [2.45, 2.75) is 19.8 Å². The second kappa shape index (κ2) is 6.79. The SMILES string of the molecule is CC1CCNCC1CNC(=O)Cc1ccc(F)c(F)c1. The molecule has 20 heavy (non-hydrogen) atoms. The van der Waals surface area contributed by atoms with Gasteiger partial charge in [0.15, 0.2) is 11.6 Å². The van der Waals surface area contributed by atoms with E-state index in [1.807, 2.05) is 0 Å². The van der Waals surface area contributed by atoms with Crippen LogP contribution in [0.15, 0.2) is 18.2 Å². The monoisotopic (exact) mass is 282 g/mol. The second-order valence-electron chi connectivity index (χ2n) is 5.46. The molecule has 110 valence electrons. The summed E-state index contributed by atoms with van der Waals surface area (Å²) in [6, 6.07) is 3.55. The third-order valence-corrected chi connectivity index (χ3v) is 3.90. The third-order valence-electron chi connectivity index (χ3n) is 3.90. The molecule has 0 spiro atoms. The van der Waals surface area contributed by atoms with Crippen LogP contribution in [0.1, 0.15) is 18.9 Å². The molecule has 1 aliphatic rings. The summed E-state index contributed by atoms with van der Waals surface area (Å²) < 4.78 is 25.8. The van der Waals surface area contributed by atoms with Gasteiger partial charge in [-0.3, -0.25) is 4.79 Å². The summed E-state index contributed by atoms with van der Waals surface area (Å²) in [5.74, 6) is -0.956. The highest BCUT2D eigenvalue weighted by atomic mass is 19.2. The predicted molar refractivity (Wildman–Crippen MR) is 73.2 cm³/mol. The molecule has 1 aromatic carbocycles. The van der Waals surface area contributed by atoms with E-state index < -0.39 is 11.6 Å². The minimum Gasteiger partial charge on any atom is -0.355 e. The van der Waals surface area contributed by atoms with Crippen molar-refractivity contribution in [1.82, 2.24) is 10.6 Å². The maximum Gasteiger partial charge on any atom is 0.224 e. The van der Waals surface area contributed by atoms with Crippen molar-refractivity contribution in [1.29, 1.82) is 0 Å². The topological polar surface area (TPSA) is 41.1 Å². The first-order valence-corrected chi connectivity index (χ1v) is 6.97. The van der Waals surface area contributed by atoms with E-state index in [1.54, 1.807) is 0 Å². The number of halogens is 2. The van der Waals surface area contributed by atoms with Gasteiger partial charge < -0.3 is 10.6 Å². The molecule has 1 aliphatic heterocycles. The van der Waals surface area contributed by atoms with Crippen LogP contribution in [0.5, 0.6) is 0 Å². The van der Waals surface area contributed by atoms with Gasteiger partial charge in [-0.2, -0.15) is 0 Å². The van der Waals surface area contributed by atoms with Crippen LogP contribution >= 0.6 is 0 Å². The number of nitrogens with one attached hydrogen (secondary N) is 2. The van der Waals surface area contributed by atoms with E-state index in [0.29, 0.717) is 23.9 Å². The summed E-state index contributed by atoms with van der Waals surface area (Å²) in [5, 5.41) is 6.18. The van der Waals surface area contributed by atoms with Gasteiger partial charge in [-0.15, -0.1) is 0 Å². The van der Waals surface area contributed by atoms with Gasteiger partial charge in [0.05, 0.1) is 6.42 Å². The van der Waals surface area contributed by atoms with Crippen molar-refractivity contribution in [2.24, 2.45) is 11.8 Å². The van der Waals surface area contributed by atoms with Crippen molar-refractivity contribution in [3.8, 4) is 0 Å². The Hall–Kier alpha value is -1.49. The Morgan fingerprint density at radius 1 is 1.40 bits per heavy atom. The zero-order valence-electron chi connectivity index (χ0n) is 11.6. The van der Waals surface area contributed by atoms with Crippen LogP contribution in [0.4, 0.5) is 8.78 Å². The number of benzene rings is 1. The molecule has 5 heteroatoms. The number of rotatable bonds is 4. The molecule has 0 aliphatic carbocycles. The highest BCUT2D eigenvalue weighted by molar-refractivity contribution is 5.78. The number of carbonyl (C=O) groups is 1. The van der Waals surface area contributed by atoms with Gasteiger partial charge in [0.25, 0.3) is 0 Å². The van der Waals surface area contributed by atoms with Crippen LogP contribution in [0.2, 0.25) is 0 Å². The van der Waals surface area contributed by atoms with E-state index >= 15 is 0 Å². The van der Waals surface area contributed by atoms with E-state index in [1.165, 1.54) is 6.07 Å². The Kier molecular flexibility index (Phi) is 5.06. The van der Waals surface area contributed by atoms with Crippen LogP contribution in [-0.4, -0.2) is 25.5 Å². The van der Waals surface area contributed by atoms with Gasteiger partial charge >= 0.3 is 0 Å². The first-order valence-electron chi connectivity index (χ1n) is 6.97. The van der Waals surface area contributed by atoms with Crippen molar-refractivity contribution >= 4 is 5.91 Å². The standard InChI is InChI=1S/C15H20F2N2O/c1-10-4-5-18-8-12(10)9-19-15(20)7-11-2-3-13(16)14(17)6-11/h2-3,6,10,12,18H,4-5,7-9H2,1H3,(H,19,20). The molecule has 0 aromatic heterocycles. The first kappa shape index (κ1) is 14.9. The smallest absolute Gasteiger partial charge is 0.224 e.